The minimum Gasteiger partial charge on any atom is -0.481 e. The van der Waals surface area contributed by atoms with Gasteiger partial charge in [-0.05, 0) is 27.2 Å². The monoisotopic (exact) mass is 420 g/mol. The van der Waals surface area contributed by atoms with Gasteiger partial charge in [0.1, 0.15) is 24.2 Å². The summed E-state index contributed by atoms with van der Waals surface area (Å²) in [5.74, 6) is -5.51. The van der Waals surface area contributed by atoms with Gasteiger partial charge in [-0.3, -0.25) is 24.0 Å². The number of hydrogen-bond donors (Lipinski definition) is 8. The Bertz CT molecular complexity index is 624. The number of aliphatic hydroxyl groups is 2. The molecule has 0 aromatic rings. The molecule has 0 bridgehead atoms. The van der Waals surface area contributed by atoms with Crippen molar-refractivity contribution in [2.45, 2.75) is 70.0 Å². The van der Waals surface area contributed by atoms with Gasteiger partial charge in [0.15, 0.2) is 0 Å². The molecule has 0 saturated heterocycles. The van der Waals surface area contributed by atoms with Crippen LogP contribution in [0.3, 0.4) is 0 Å². The number of carboxylic acids is 2. The molecule has 0 aliphatic carbocycles. The normalized spacial score (nSPS) is 17.0. The molecule has 6 atom stereocenters. The number of nitrogens with two attached hydrogens (primary N) is 1. The van der Waals surface area contributed by atoms with Crippen LogP contribution in [0.1, 0.15) is 33.6 Å². The predicted molar refractivity (Wildman–Crippen MR) is 97.3 cm³/mol. The standard InChI is InChI=1S/C16H28N4O9/c1-6(16(28)29)18-15(27)12(8(3)22)20-13(25)9(4-5-10(23)24)19-14(26)11(17)7(2)21/h6-9,11-12,21-22H,4-5,17H2,1-3H3,(H,18,27)(H,19,26)(H,20,25)(H,23,24)(H,28,29). The van der Waals surface area contributed by atoms with Crippen molar-refractivity contribution in [1.82, 2.24) is 16.0 Å². The third kappa shape index (κ3) is 9.32. The first-order valence-corrected chi connectivity index (χ1v) is 8.75. The average Bonchev–Trinajstić information content (AvgIpc) is 2.60. The number of carbonyl (C=O) groups is 5. The molecule has 0 heterocycles. The van der Waals surface area contributed by atoms with Crippen molar-refractivity contribution in [2.24, 2.45) is 5.73 Å². The van der Waals surface area contributed by atoms with Crippen molar-refractivity contribution >= 4 is 29.7 Å². The molecule has 0 rings (SSSR count). The number of nitrogens with one attached hydrogen (secondary N) is 3. The van der Waals surface area contributed by atoms with Crippen molar-refractivity contribution in [1.29, 1.82) is 0 Å². The molecule has 0 aromatic carbocycles. The molecule has 29 heavy (non-hydrogen) atoms. The topological polar surface area (TPSA) is 228 Å². The highest BCUT2D eigenvalue weighted by molar-refractivity contribution is 5.94. The molecular formula is C16H28N4O9. The van der Waals surface area contributed by atoms with E-state index in [9.17, 15) is 34.2 Å². The zero-order valence-corrected chi connectivity index (χ0v) is 16.3. The number of aliphatic carboxylic acids is 2. The summed E-state index contributed by atoms with van der Waals surface area (Å²) in [5.41, 5.74) is 5.48. The Morgan fingerprint density at radius 3 is 1.79 bits per heavy atom. The Kier molecular flexibility index (Phi) is 10.8. The Balaban J connectivity index is 5.35. The lowest BCUT2D eigenvalue weighted by atomic mass is 10.1. The number of carbonyl (C=O) groups excluding carboxylic acids is 3. The van der Waals surface area contributed by atoms with Crippen LogP contribution in [-0.4, -0.2) is 86.5 Å². The SMILES string of the molecule is CC(NC(=O)C(NC(=O)C(CCC(=O)O)NC(=O)C(N)C(C)O)C(C)O)C(=O)O. The predicted octanol–water partition coefficient (Wildman–Crippen LogP) is -3.50. The molecular weight excluding hydrogens is 392 g/mol. The Morgan fingerprint density at radius 2 is 1.38 bits per heavy atom. The second-order valence-corrected chi connectivity index (χ2v) is 6.56. The highest BCUT2D eigenvalue weighted by atomic mass is 16.4. The molecule has 6 unspecified atom stereocenters. The molecule has 0 aliphatic heterocycles. The van der Waals surface area contributed by atoms with E-state index < -0.39 is 72.5 Å². The van der Waals surface area contributed by atoms with Crippen LogP contribution in [0.15, 0.2) is 0 Å². The van der Waals surface area contributed by atoms with E-state index in [4.69, 9.17) is 15.9 Å². The first-order valence-electron chi connectivity index (χ1n) is 8.75. The molecule has 0 fully saturated rings. The summed E-state index contributed by atoms with van der Waals surface area (Å²) in [6, 6.07) is -5.69. The van der Waals surface area contributed by atoms with Crippen LogP contribution >= 0.6 is 0 Å². The number of rotatable bonds is 12. The van der Waals surface area contributed by atoms with E-state index in [0.717, 1.165) is 0 Å². The fourth-order valence-electron chi connectivity index (χ4n) is 2.05. The highest BCUT2D eigenvalue weighted by Crippen LogP contribution is 2.03. The van der Waals surface area contributed by atoms with Crippen LogP contribution in [0.25, 0.3) is 0 Å². The van der Waals surface area contributed by atoms with Gasteiger partial charge < -0.3 is 42.1 Å². The van der Waals surface area contributed by atoms with E-state index in [2.05, 4.69) is 16.0 Å². The van der Waals surface area contributed by atoms with E-state index in [1.165, 1.54) is 20.8 Å². The van der Waals surface area contributed by atoms with Gasteiger partial charge in [-0.1, -0.05) is 0 Å². The summed E-state index contributed by atoms with van der Waals surface area (Å²) in [7, 11) is 0. The minimum atomic E-state index is -1.57. The summed E-state index contributed by atoms with van der Waals surface area (Å²) in [4.78, 5) is 58.3. The van der Waals surface area contributed by atoms with Gasteiger partial charge in [-0.25, -0.2) is 0 Å². The number of hydrogen-bond acceptors (Lipinski definition) is 8. The summed E-state index contributed by atoms with van der Waals surface area (Å²) in [6.45, 7) is 3.59. The zero-order valence-electron chi connectivity index (χ0n) is 16.3. The highest BCUT2D eigenvalue weighted by Gasteiger charge is 2.32. The van der Waals surface area contributed by atoms with E-state index in [1.54, 1.807) is 0 Å². The average molecular weight is 420 g/mol. The molecule has 0 radical (unpaired) electrons. The third-order valence-electron chi connectivity index (χ3n) is 3.89. The van der Waals surface area contributed by atoms with Gasteiger partial charge in [-0.15, -0.1) is 0 Å². The van der Waals surface area contributed by atoms with Crippen LogP contribution in [0, 0.1) is 0 Å². The quantitative estimate of drug-likeness (QED) is 0.155. The van der Waals surface area contributed by atoms with Crippen LogP contribution in [0.5, 0.6) is 0 Å². The minimum absolute atomic E-state index is 0.362. The van der Waals surface area contributed by atoms with Crippen LogP contribution < -0.4 is 21.7 Å². The van der Waals surface area contributed by atoms with Crippen LogP contribution in [-0.2, 0) is 24.0 Å². The lowest BCUT2D eigenvalue weighted by Gasteiger charge is -2.26. The van der Waals surface area contributed by atoms with Gasteiger partial charge >= 0.3 is 11.9 Å². The molecule has 0 aromatic heterocycles. The molecule has 0 aliphatic rings. The number of carboxylic acid groups (broad SMARTS) is 2. The molecule has 0 spiro atoms. The van der Waals surface area contributed by atoms with Gasteiger partial charge in [0.2, 0.25) is 17.7 Å². The first kappa shape index (κ1) is 26.2. The van der Waals surface area contributed by atoms with Crippen molar-refractivity contribution in [3.05, 3.63) is 0 Å². The maximum Gasteiger partial charge on any atom is 0.325 e. The molecule has 3 amide bonds. The molecule has 9 N–H and O–H groups in total. The maximum atomic E-state index is 12.5. The fourth-order valence-corrected chi connectivity index (χ4v) is 2.05. The second-order valence-electron chi connectivity index (χ2n) is 6.56. The lowest BCUT2D eigenvalue weighted by Crippen LogP contribution is -2.60. The van der Waals surface area contributed by atoms with Crippen molar-refractivity contribution in [3.63, 3.8) is 0 Å². The van der Waals surface area contributed by atoms with Gasteiger partial charge in [-0.2, -0.15) is 0 Å². The smallest absolute Gasteiger partial charge is 0.325 e. The molecule has 13 heteroatoms. The van der Waals surface area contributed by atoms with Crippen LogP contribution in [0.4, 0.5) is 0 Å². The van der Waals surface area contributed by atoms with Crippen molar-refractivity contribution in [2.75, 3.05) is 0 Å². The molecule has 0 saturated carbocycles. The van der Waals surface area contributed by atoms with Crippen LogP contribution in [0.2, 0.25) is 0 Å². The maximum absolute atomic E-state index is 12.5. The zero-order chi connectivity index (χ0) is 22.9. The molecule has 13 nitrogen and oxygen atoms in total. The van der Waals surface area contributed by atoms with Crippen molar-refractivity contribution < 1.29 is 44.4 Å². The largest absolute Gasteiger partial charge is 0.481 e. The fraction of sp³-hybridized carbons (Fsp3) is 0.688. The van der Waals surface area contributed by atoms with E-state index in [1.807, 2.05) is 0 Å². The second kappa shape index (κ2) is 11.9. The summed E-state index contributed by atoms with van der Waals surface area (Å²) < 4.78 is 0. The van der Waals surface area contributed by atoms with Gasteiger partial charge in [0.25, 0.3) is 0 Å². The summed E-state index contributed by atoms with van der Waals surface area (Å²) >= 11 is 0. The summed E-state index contributed by atoms with van der Waals surface area (Å²) in [5, 5.41) is 43.2. The number of aliphatic hydroxyl groups excluding tert-OH is 2. The molecule has 166 valence electrons. The van der Waals surface area contributed by atoms with Crippen molar-refractivity contribution in [3.8, 4) is 0 Å². The number of amides is 3. The van der Waals surface area contributed by atoms with E-state index in [-0.39, 0.29) is 6.42 Å². The van der Waals surface area contributed by atoms with Gasteiger partial charge in [0, 0.05) is 6.42 Å². The first-order chi connectivity index (χ1) is 13.3. The Morgan fingerprint density at radius 1 is 0.828 bits per heavy atom. The van der Waals surface area contributed by atoms with Gasteiger partial charge in [0.05, 0.1) is 12.2 Å². The Hall–Kier alpha value is -2.77. The lowest BCUT2D eigenvalue weighted by molar-refractivity contribution is -0.142. The summed E-state index contributed by atoms with van der Waals surface area (Å²) in [6.07, 6.45) is -3.55. The van der Waals surface area contributed by atoms with E-state index >= 15 is 0 Å². The van der Waals surface area contributed by atoms with E-state index in [0.29, 0.717) is 0 Å². The third-order valence-corrected chi connectivity index (χ3v) is 3.89. The Labute approximate surface area is 166 Å².